The zero-order chi connectivity index (χ0) is 29.6. The number of rotatable bonds is 4. The van der Waals surface area contributed by atoms with E-state index in [0.29, 0.717) is 33.9 Å². The fraction of sp³-hybridized carbons (Fsp3) is 0.139. The van der Waals surface area contributed by atoms with Crippen LogP contribution in [0.1, 0.15) is 43.6 Å². The van der Waals surface area contributed by atoms with E-state index in [1.165, 1.54) is 0 Å². The third-order valence-corrected chi connectivity index (χ3v) is 9.45. The van der Waals surface area contributed by atoms with Crippen LogP contribution in [0.25, 0.3) is 17.0 Å². The van der Waals surface area contributed by atoms with Gasteiger partial charge >= 0.3 is 0 Å². The fourth-order valence-corrected chi connectivity index (χ4v) is 7.64. The lowest BCUT2D eigenvalue weighted by atomic mass is 9.63. The first-order valence-electron chi connectivity index (χ1n) is 14.5. The summed E-state index contributed by atoms with van der Waals surface area (Å²) in [4.78, 5) is 46.3. The molecule has 1 fully saturated rings. The number of nitrogens with zero attached hydrogens (tertiary/aromatic N) is 1. The molecule has 4 atom stereocenters. The van der Waals surface area contributed by atoms with Crippen LogP contribution in [0.15, 0.2) is 108 Å². The molecule has 0 radical (unpaired) electrons. The van der Waals surface area contributed by atoms with E-state index in [9.17, 15) is 9.59 Å². The number of carbonyl (C=O) groups is 3. The van der Waals surface area contributed by atoms with Crippen LogP contribution in [-0.4, -0.2) is 35.2 Å². The number of nitrogens with one attached hydrogen (secondary N) is 1. The Morgan fingerprint density at radius 3 is 2.55 bits per heavy atom. The van der Waals surface area contributed by atoms with E-state index < -0.39 is 29.2 Å². The highest BCUT2D eigenvalue weighted by molar-refractivity contribution is 6.16. The van der Waals surface area contributed by atoms with Gasteiger partial charge in [-0.1, -0.05) is 60.7 Å². The predicted octanol–water partition coefficient (Wildman–Crippen LogP) is 6.14. The highest BCUT2D eigenvalue weighted by atomic mass is 16.7. The standard InChI is InChI=1S/C36H24N2O6/c39-32(22-13-14-27-28(18-22)43-19-42-27)31-30(33(40)29-17-21-8-2-6-12-26(21)44-29)36(24-10-4-5-11-25(24)37-35(36)41)34-23-9-3-1-7-20(23)15-16-38(31)34/h1-18,30-31,34H,19H2,(H,37,41)/t30-,31+,34-,36-/m1/s1. The van der Waals surface area contributed by atoms with Gasteiger partial charge in [-0.05, 0) is 59.2 Å². The fourth-order valence-electron chi connectivity index (χ4n) is 7.64. The summed E-state index contributed by atoms with van der Waals surface area (Å²) >= 11 is 0. The molecule has 44 heavy (non-hydrogen) atoms. The maximum atomic E-state index is 15.0. The van der Waals surface area contributed by atoms with E-state index in [-0.39, 0.29) is 24.2 Å². The molecule has 1 aromatic heterocycles. The molecular weight excluding hydrogens is 556 g/mol. The lowest BCUT2D eigenvalue weighted by Gasteiger charge is -2.38. The minimum Gasteiger partial charge on any atom is -0.454 e. The lowest BCUT2D eigenvalue weighted by molar-refractivity contribution is -0.122. The first kappa shape index (κ1) is 24.9. The average Bonchev–Trinajstić information content (AvgIpc) is 3.83. The molecule has 0 bridgehead atoms. The quantitative estimate of drug-likeness (QED) is 0.255. The summed E-state index contributed by atoms with van der Waals surface area (Å²) in [5.41, 5.74) is 2.58. The summed E-state index contributed by atoms with van der Waals surface area (Å²) in [7, 11) is 0. The van der Waals surface area contributed by atoms with Crippen molar-refractivity contribution >= 4 is 40.2 Å². The molecule has 5 heterocycles. The molecule has 1 amide bonds. The maximum absolute atomic E-state index is 15.0. The van der Waals surface area contributed by atoms with Gasteiger partial charge < -0.3 is 24.1 Å². The molecule has 1 N–H and O–H groups in total. The van der Waals surface area contributed by atoms with Crippen LogP contribution in [0.5, 0.6) is 11.5 Å². The summed E-state index contributed by atoms with van der Waals surface area (Å²) in [5, 5.41) is 3.83. The number of carbonyl (C=O) groups excluding carboxylic acids is 3. The van der Waals surface area contributed by atoms with E-state index in [1.807, 2.05) is 83.9 Å². The summed E-state index contributed by atoms with van der Waals surface area (Å²) in [6.45, 7) is 0.0668. The number of ketones is 2. The van der Waals surface area contributed by atoms with E-state index in [4.69, 9.17) is 13.9 Å². The largest absolute Gasteiger partial charge is 0.454 e. The Bertz CT molecular complexity index is 2060. The van der Waals surface area contributed by atoms with Gasteiger partial charge in [0.25, 0.3) is 0 Å². The molecule has 0 unspecified atom stereocenters. The number of furan rings is 1. The number of hydrogen-bond acceptors (Lipinski definition) is 7. The zero-order valence-electron chi connectivity index (χ0n) is 23.2. The van der Waals surface area contributed by atoms with Crippen LogP contribution in [0.3, 0.4) is 0 Å². The van der Waals surface area contributed by atoms with Crippen molar-refractivity contribution in [2.75, 3.05) is 12.1 Å². The van der Waals surface area contributed by atoms with Crippen molar-refractivity contribution in [3.05, 3.63) is 131 Å². The topological polar surface area (TPSA) is 98.1 Å². The minimum atomic E-state index is -1.44. The van der Waals surface area contributed by atoms with Gasteiger partial charge in [0.2, 0.25) is 18.5 Å². The Kier molecular flexibility index (Phi) is 5.06. The van der Waals surface area contributed by atoms with Crippen molar-refractivity contribution in [3.63, 3.8) is 0 Å². The highest BCUT2D eigenvalue weighted by Gasteiger charge is 2.71. The second-order valence-electron chi connectivity index (χ2n) is 11.5. The van der Waals surface area contributed by atoms with Crippen molar-refractivity contribution in [3.8, 4) is 11.5 Å². The SMILES string of the molecule is O=C(c1ccc2c(c1)OCO2)[C@@H]1[C@H](C(=O)c2cc3ccccc3o2)[C@@]2(C(=O)Nc3ccccc32)[C@H]2c3ccccc3C=CN12. The van der Waals surface area contributed by atoms with Crippen LogP contribution < -0.4 is 14.8 Å². The van der Waals surface area contributed by atoms with Gasteiger partial charge in [0, 0.05) is 22.8 Å². The molecule has 214 valence electrons. The number of amides is 1. The number of Topliss-reactive ketones (excluding diaryl/α,β-unsaturated/α-hetero) is 2. The first-order valence-corrected chi connectivity index (χ1v) is 14.5. The van der Waals surface area contributed by atoms with E-state index in [2.05, 4.69) is 5.32 Å². The highest BCUT2D eigenvalue weighted by Crippen LogP contribution is 2.62. The summed E-state index contributed by atoms with van der Waals surface area (Å²) < 4.78 is 17.2. The monoisotopic (exact) mass is 580 g/mol. The Hall–Kier alpha value is -5.63. The summed E-state index contributed by atoms with van der Waals surface area (Å²) in [5.74, 6) is -1.06. The maximum Gasteiger partial charge on any atom is 0.238 e. The van der Waals surface area contributed by atoms with Crippen molar-refractivity contribution in [1.29, 1.82) is 0 Å². The van der Waals surface area contributed by atoms with Gasteiger partial charge in [-0.25, -0.2) is 0 Å². The zero-order valence-corrected chi connectivity index (χ0v) is 23.2. The van der Waals surface area contributed by atoms with Gasteiger partial charge in [0.05, 0.1) is 12.0 Å². The summed E-state index contributed by atoms with van der Waals surface area (Å²) in [6.07, 6.45) is 3.79. The molecular formula is C36H24N2O6. The second-order valence-corrected chi connectivity index (χ2v) is 11.5. The molecule has 0 aliphatic carbocycles. The van der Waals surface area contributed by atoms with Crippen molar-refractivity contribution in [2.24, 2.45) is 5.92 Å². The molecule has 8 heteroatoms. The van der Waals surface area contributed by atoms with Gasteiger partial charge in [-0.3, -0.25) is 14.4 Å². The number of fused-ring (bicyclic) bond motifs is 8. The minimum absolute atomic E-state index is 0.0668. The number of benzene rings is 4. The van der Waals surface area contributed by atoms with E-state index in [0.717, 1.165) is 16.5 Å². The third-order valence-electron chi connectivity index (χ3n) is 9.45. The number of anilines is 1. The molecule has 1 spiro atoms. The van der Waals surface area contributed by atoms with Crippen LogP contribution in [0.4, 0.5) is 5.69 Å². The summed E-state index contributed by atoms with van der Waals surface area (Å²) in [6, 6.07) is 27.7. The molecule has 4 aliphatic rings. The Balaban J connectivity index is 1.32. The molecule has 8 nitrogen and oxygen atoms in total. The first-order chi connectivity index (χ1) is 21.6. The van der Waals surface area contributed by atoms with Gasteiger partial charge in [-0.2, -0.15) is 0 Å². The van der Waals surface area contributed by atoms with Crippen LogP contribution >= 0.6 is 0 Å². The van der Waals surface area contributed by atoms with Gasteiger partial charge in [0.15, 0.2) is 23.0 Å². The van der Waals surface area contributed by atoms with Gasteiger partial charge in [-0.15, -0.1) is 0 Å². The van der Waals surface area contributed by atoms with Crippen LogP contribution in [-0.2, 0) is 10.2 Å². The third kappa shape index (κ3) is 3.19. The predicted molar refractivity (Wildman–Crippen MR) is 162 cm³/mol. The molecule has 5 aromatic rings. The lowest BCUT2D eigenvalue weighted by Crippen LogP contribution is -2.49. The molecule has 1 saturated heterocycles. The number of hydrogen-bond donors (Lipinski definition) is 1. The van der Waals surface area contributed by atoms with Crippen LogP contribution in [0, 0.1) is 5.92 Å². The van der Waals surface area contributed by atoms with E-state index in [1.54, 1.807) is 30.3 Å². The van der Waals surface area contributed by atoms with Gasteiger partial charge in [0.1, 0.15) is 17.0 Å². The number of ether oxygens (including phenoxy) is 2. The Morgan fingerprint density at radius 2 is 1.64 bits per heavy atom. The average molecular weight is 581 g/mol. The van der Waals surface area contributed by atoms with Crippen molar-refractivity contribution in [1.82, 2.24) is 4.90 Å². The second kappa shape index (κ2) is 8.94. The molecule has 4 aliphatic heterocycles. The normalized spacial score (nSPS) is 23.9. The molecule has 0 saturated carbocycles. The van der Waals surface area contributed by atoms with Crippen molar-refractivity contribution in [2.45, 2.75) is 17.5 Å². The van der Waals surface area contributed by atoms with E-state index >= 15 is 4.79 Å². The molecule has 9 rings (SSSR count). The Labute approximate surface area is 251 Å². The Morgan fingerprint density at radius 1 is 0.841 bits per heavy atom. The number of para-hydroxylation sites is 2. The molecule has 4 aromatic carbocycles. The smallest absolute Gasteiger partial charge is 0.238 e. The van der Waals surface area contributed by atoms with Crippen LogP contribution in [0.2, 0.25) is 0 Å². The van der Waals surface area contributed by atoms with Crippen molar-refractivity contribution < 1.29 is 28.3 Å².